The summed E-state index contributed by atoms with van der Waals surface area (Å²) in [5, 5.41) is 9.83. The minimum atomic E-state index is 0.119. The minimum absolute atomic E-state index is 0.119. The maximum atomic E-state index is 9.83. The van der Waals surface area contributed by atoms with E-state index in [1.165, 1.54) is 0 Å². The fourth-order valence-corrected chi connectivity index (χ4v) is 2.57. The van der Waals surface area contributed by atoms with Gasteiger partial charge >= 0.3 is 0 Å². The SMILES string of the molecule is COc1ccc(N(C)Cc2cc(Br)c(O)c(OC)c2)cc1. The van der Waals surface area contributed by atoms with Crippen LogP contribution in [0.15, 0.2) is 40.9 Å². The van der Waals surface area contributed by atoms with E-state index in [0.29, 0.717) is 16.8 Å². The molecule has 2 aromatic rings. The summed E-state index contributed by atoms with van der Waals surface area (Å²) in [6.45, 7) is 0.696. The Kier molecular flexibility index (Phi) is 4.96. The molecule has 0 fully saturated rings. The molecule has 0 amide bonds. The molecule has 0 heterocycles. The molecular weight excluding hydrogens is 334 g/mol. The Bertz CT molecular complexity index is 614. The predicted octanol–water partition coefficient (Wildman–Crippen LogP) is 3.81. The molecular formula is C16H18BrNO3. The van der Waals surface area contributed by atoms with Gasteiger partial charge in [0, 0.05) is 19.3 Å². The van der Waals surface area contributed by atoms with Crippen LogP contribution in [0.4, 0.5) is 5.69 Å². The second-order valence-electron chi connectivity index (χ2n) is 4.68. The smallest absolute Gasteiger partial charge is 0.172 e. The second kappa shape index (κ2) is 6.72. The number of phenolic OH excluding ortho intramolecular Hbond substituents is 1. The number of aromatic hydroxyl groups is 1. The summed E-state index contributed by atoms with van der Waals surface area (Å²) in [7, 11) is 5.20. The number of ether oxygens (including phenoxy) is 2. The van der Waals surface area contributed by atoms with Gasteiger partial charge in [0.05, 0.1) is 18.7 Å². The summed E-state index contributed by atoms with van der Waals surface area (Å²) < 4.78 is 11.0. The number of hydrogen-bond acceptors (Lipinski definition) is 4. The average Bonchev–Trinajstić information content (AvgIpc) is 2.50. The van der Waals surface area contributed by atoms with Crippen LogP contribution in [0.1, 0.15) is 5.56 Å². The first kappa shape index (κ1) is 15.5. The van der Waals surface area contributed by atoms with Crippen LogP contribution in [0.2, 0.25) is 0 Å². The second-order valence-corrected chi connectivity index (χ2v) is 5.54. The quantitative estimate of drug-likeness (QED) is 0.889. The molecule has 0 unspecified atom stereocenters. The molecule has 0 aliphatic rings. The van der Waals surface area contributed by atoms with E-state index >= 15 is 0 Å². The summed E-state index contributed by atoms with van der Waals surface area (Å²) >= 11 is 3.34. The summed E-state index contributed by atoms with van der Waals surface area (Å²) in [5.41, 5.74) is 2.12. The van der Waals surface area contributed by atoms with Gasteiger partial charge in [0.25, 0.3) is 0 Å². The number of hydrogen-bond donors (Lipinski definition) is 1. The Labute approximate surface area is 133 Å². The van der Waals surface area contributed by atoms with Gasteiger partial charge in [-0.3, -0.25) is 0 Å². The fourth-order valence-electron chi connectivity index (χ4n) is 2.08. The number of methoxy groups -OCH3 is 2. The van der Waals surface area contributed by atoms with Crippen molar-refractivity contribution in [2.45, 2.75) is 6.54 Å². The Hall–Kier alpha value is -1.88. The highest BCUT2D eigenvalue weighted by atomic mass is 79.9. The standard InChI is InChI=1S/C16H18BrNO3/c1-18(12-4-6-13(20-2)7-5-12)10-11-8-14(17)16(19)15(9-11)21-3/h4-9,19H,10H2,1-3H3. The first-order valence-corrected chi connectivity index (χ1v) is 7.25. The molecule has 2 aromatic carbocycles. The molecule has 0 aliphatic carbocycles. The third-order valence-electron chi connectivity index (χ3n) is 3.24. The van der Waals surface area contributed by atoms with Crippen LogP contribution >= 0.6 is 15.9 Å². The zero-order valence-corrected chi connectivity index (χ0v) is 13.8. The van der Waals surface area contributed by atoms with Crippen LogP contribution in [0.25, 0.3) is 0 Å². The van der Waals surface area contributed by atoms with E-state index in [4.69, 9.17) is 9.47 Å². The van der Waals surface area contributed by atoms with Gasteiger partial charge in [0.15, 0.2) is 11.5 Å². The highest BCUT2D eigenvalue weighted by Crippen LogP contribution is 2.35. The maximum Gasteiger partial charge on any atom is 0.172 e. The number of halogens is 1. The lowest BCUT2D eigenvalue weighted by Gasteiger charge is -2.20. The van der Waals surface area contributed by atoms with Gasteiger partial charge < -0.3 is 19.5 Å². The largest absolute Gasteiger partial charge is 0.503 e. The van der Waals surface area contributed by atoms with Crippen LogP contribution < -0.4 is 14.4 Å². The van der Waals surface area contributed by atoms with E-state index in [1.807, 2.05) is 43.4 Å². The molecule has 0 spiro atoms. The van der Waals surface area contributed by atoms with Crippen LogP contribution in [0.5, 0.6) is 17.2 Å². The van der Waals surface area contributed by atoms with Crippen LogP contribution in [0.3, 0.4) is 0 Å². The molecule has 112 valence electrons. The molecule has 0 radical (unpaired) electrons. The minimum Gasteiger partial charge on any atom is -0.503 e. The predicted molar refractivity (Wildman–Crippen MR) is 87.5 cm³/mol. The topological polar surface area (TPSA) is 41.9 Å². The van der Waals surface area contributed by atoms with Crippen molar-refractivity contribution < 1.29 is 14.6 Å². The Morgan fingerprint density at radius 1 is 1.10 bits per heavy atom. The van der Waals surface area contributed by atoms with Gasteiger partial charge in [0.2, 0.25) is 0 Å². The monoisotopic (exact) mass is 351 g/mol. The van der Waals surface area contributed by atoms with Crippen molar-refractivity contribution in [2.75, 3.05) is 26.2 Å². The Morgan fingerprint density at radius 3 is 2.33 bits per heavy atom. The lowest BCUT2D eigenvalue weighted by atomic mass is 10.1. The average molecular weight is 352 g/mol. The lowest BCUT2D eigenvalue weighted by molar-refractivity contribution is 0.371. The zero-order valence-electron chi connectivity index (χ0n) is 12.3. The third kappa shape index (κ3) is 3.61. The van der Waals surface area contributed by atoms with E-state index in [1.54, 1.807) is 14.2 Å². The van der Waals surface area contributed by atoms with Crippen LogP contribution in [-0.2, 0) is 6.54 Å². The molecule has 1 N–H and O–H groups in total. The van der Waals surface area contributed by atoms with Crippen molar-refractivity contribution in [3.05, 3.63) is 46.4 Å². The molecule has 0 aromatic heterocycles. The number of anilines is 1. The van der Waals surface area contributed by atoms with Crippen molar-refractivity contribution in [1.82, 2.24) is 0 Å². The van der Waals surface area contributed by atoms with Crippen molar-refractivity contribution in [2.24, 2.45) is 0 Å². The first-order valence-electron chi connectivity index (χ1n) is 6.45. The first-order chi connectivity index (χ1) is 10.0. The molecule has 2 rings (SSSR count). The van der Waals surface area contributed by atoms with Crippen LogP contribution in [-0.4, -0.2) is 26.4 Å². The van der Waals surface area contributed by atoms with Gasteiger partial charge in [-0.15, -0.1) is 0 Å². The highest BCUT2D eigenvalue weighted by Gasteiger charge is 2.10. The number of benzene rings is 2. The Morgan fingerprint density at radius 2 is 1.76 bits per heavy atom. The third-order valence-corrected chi connectivity index (χ3v) is 3.85. The van der Waals surface area contributed by atoms with Gasteiger partial charge in [-0.05, 0) is 57.9 Å². The van der Waals surface area contributed by atoms with Gasteiger partial charge in [-0.1, -0.05) is 0 Å². The summed E-state index contributed by atoms with van der Waals surface area (Å²) in [5.74, 6) is 1.41. The van der Waals surface area contributed by atoms with Gasteiger partial charge in [-0.25, -0.2) is 0 Å². The van der Waals surface area contributed by atoms with E-state index in [9.17, 15) is 5.11 Å². The molecule has 0 bridgehead atoms. The normalized spacial score (nSPS) is 10.3. The molecule has 21 heavy (non-hydrogen) atoms. The van der Waals surface area contributed by atoms with Crippen LogP contribution in [0, 0.1) is 0 Å². The zero-order chi connectivity index (χ0) is 15.4. The highest BCUT2D eigenvalue weighted by molar-refractivity contribution is 9.10. The van der Waals surface area contributed by atoms with Crippen molar-refractivity contribution in [3.8, 4) is 17.2 Å². The molecule has 0 saturated heterocycles. The molecule has 4 nitrogen and oxygen atoms in total. The maximum absolute atomic E-state index is 9.83. The number of rotatable bonds is 5. The number of phenols is 1. The summed E-state index contributed by atoms with van der Waals surface area (Å²) in [6, 6.07) is 11.6. The van der Waals surface area contributed by atoms with Crippen molar-refractivity contribution in [1.29, 1.82) is 0 Å². The lowest BCUT2D eigenvalue weighted by Crippen LogP contribution is -2.16. The van der Waals surface area contributed by atoms with Crippen molar-refractivity contribution in [3.63, 3.8) is 0 Å². The molecule has 0 atom stereocenters. The van der Waals surface area contributed by atoms with Gasteiger partial charge in [-0.2, -0.15) is 0 Å². The van der Waals surface area contributed by atoms with Crippen molar-refractivity contribution >= 4 is 21.6 Å². The molecule has 0 aliphatic heterocycles. The fraction of sp³-hybridized carbons (Fsp3) is 0.250. The van der Waals surface area contributed by atoms with E-state index in [-0.39, 0.29) is 5.75 Å². The van der Waals surface area contributed by atoms with Gasteiger partial charge in [0.1, 0.15) is 5.75 Å². The number of nitrogens with zero attached hydrogens (tertiary/aromatic N) is 1. The summed E-state index contributed by atoms with van der Waals surface area (Å²) in [6.07, 6.45) is 0. The molecule has 0 saturated carbocycles. The van der Waals surface area contributed by atoms with E-state index in [0.717, 1.165) is 17.0 Å². The van der Waals surface area contributed by atoms with E-state index in [2.05, 4.69) is 20.8 Å². The Balaban J connectivity index is 2.18. The molecule has 5 heteroatoms. The summed E-state index contributed by atoms with van der Waals surface area (Å²) in [4.78, 5) is 2.11. The van der Waals surface area contributed by atoms with E-state index < -0.39 is 0 Å².